The molecular formula is C11H12Br2O3. The van der Waals surface area contributed by atoms with Gasteiger partial charge in [-0.2, -0.15) is 0 Å². The second-order valence-corrected chi connectivity index (χ2v) is 5.08. The van der Waals surface area contributed by atoms with Gasteiger partial charge in [-0.3, -0.25) is 0 Å². The van der Waals surface area contributed by atoms with Crippen LogP contribution in [0, 0.1) is 0 Å². The van der Waals surface area contributed by atoms with Gasteiger partial charge in [0.1, 0.15) is 5.75 Å². The molecule has 5 heteroatoms. The average Bonchev–Trinajstić information content (AvgIpc) is 2.20. The van der Waals surface area contributed by atoms with Crippen LogP contribution in [0.3, 0.4) is 0 Å². The van der Waals surface area contributed by atoms with Crippen LogP contribution in [0.2, 0.25) is 0 Å². The van der Waals surface area contributed by atoms with Crippen LogP contribution in [0.5, 0.6) is 5.75 Å². The highest BCUT2D eigenvalue weighted by molar-refractivity contribution is 9.11. The zero-order valence-corrected chi connectivity index (χ0v) is 11.9. The number of aliphatic carboxylic acids is 1. The Hall–Kier alpha value is -0.550. The summed E-state index contributed by atoms with van der Waals surface area (Å²) in [6.07, 6.45) is 0.477. The minimum atomic E-state index is -0.934. The molecule has 0 spiro atoms. The molecule has 3 nitrogen and oxygen atoms in total. The molecule has 1 aromatic rings. The van der Waals surface area contributed by atoms with Gasteiger partial charge in [-0.05, 0) is 40.5 Å². The zero-order chi connectivity index (χ0) is 12.1. The Bertz CT molecular complexity index is 379. The molecule has 0 aliphatic rings. The van der Waals surface area contributed by atoms with Crippen molar-refractivity contribution < 1.29 is 14.6 Å². The summed E-state index contributed by atoms with van der Waals surface area (Å²) in [5.41, 5.74) is 0. The van der Waals surface area contributed by atoms with E-state index in [2.05, 4.69) is 31.9 Å². The third-order valence-electron chi connectivity index (χ3n) is 1.99. The maximum absolute atomic E-state index is 10.9. The molecule has 0 aromatic heterocycles. The summed E-state index contributed by atoms with van der Waals surface area (Å²) in [7, 11) is 0. The quantitative estimate of drug-likeness (QED) is 0.876. The van der Waals surface area contributed by atoms with Crippen LogP contribution in [-0.2, 0) is 4.79 Å². The van der Waals surface area contributed by atoms with Gasteiger partial charge in [-0.1, -0.05) is 29.3 Å². The predicted molar refractivity (Wildman–Crippen MR) is 68.8 cm³/mol. The summed E-state index contributed by atoms with van der Waals surface area (Å²) in [5.74, 6) is -0.388. The number of hydrogen-bond donors (Lipinski definition) is 1. The Balaban J connectivity index is 2.81. The lowest BCUT2D eigenvalue weighted by Crippen LogP contribution is -2.26. The smallest absolute Gasteiger partial charge is 0.344 e. The Morgan fingerprint density at radius 2 is 2.19 bits per heavy atom. The van der Waals surface area contributed by atoms with Crippen LogP contribution in [0.1, 0.15) is 19.8 Å². The predicted octanol–water partition coefficient (Wildman–Crippen LogP) is 3.84. The maximum Gasteiger partial charge on any atom is 0.344 e. The van der Waals surface area contributed by atoms with Crippen molar-refractivity contribution in [2.45, 2.75) is 25.9 Å². The summed E-state index contributed by atoms with van der Waals surface area (Å²) in [4.78, 5) is 10.9. The van der Waals surface area contributed by atoms with Gasteiger partial charge in [-0.15, -0.1) is 0 Å². The first kappa shape index (κ1) is 13.5. The van der Waals surface area contributed by atoms with Crippen molar-refractivity contribution in [3.05, 3.63) is 27.1 Å². The molecule has 88 valence electrons. The summed E-state index contributed by atoms with van der Waals surface area (Å²) in [6.45, 7) is 1.93. The minimum absolute atomic E-state index is 0.498. The molecule has 1 rings (SSSR count). The molecule has 0 bridgehead atoms. The highest BCUT2D eigenvalue weighted by Gasteiger charge is 2.19. The summed E-state index contributed by atoms with van der Waals surface area (Å²) < 4.78 is 7.09. The monoisotopic (exact) mass is 350 g/mol. The van der Waals surface area contributed by atoms with E-state index in [1.54, 1.807) is 6.07 Å². The summed E-state index contributed by atoms with van der Waals surface area (Å²) in [5, 5.41) is 8.96. The standard InChI is InChI=1S/C11H12Br2O3/c1-2-3-10(11(14)15)16-9-5-4-7(12)6-8(9)13/h4-6,10H,2-3H2,1H3,(H,14,15)/t10-/m0/s1. The van der Waals surface area contributed by atoms with E-state index in [0.717, 1.165) is 15.4 Å². The van der Waals surface area contributed by atoms with Crippen molar-refractivity contribution in [2.75, 3.05) is 0 Å². The zero-order valence-electron chi connectivity index (χ0n) is 8.74. The van der Waals surface area contributed by atoms with E-state index < -0.39 is 12.1 Å². The third kappa shape index (κ3) is 3.79. The number of benzene rings is 1. The number of carbonyl (C=O) groups is 1. The largest absolute Gasteiger partial charge is 0.479 e. The van der Waals surface area contributed by atoms with Gasteiger partial charge >= 0.3 is 5.97 Å². The fourth-order valence-corrected chi connectivity index (χ4v) is 2.36. The van der Waals surface area contributed by atoms with Crippen molar-refractivity contribution in [1.29, 1.82) is 0 Å². The highest BCUT2D eigenvalue weighted by atomic mass is 79.9. The Morgan fingerprint density at radius 3 is 2.69 bits per heavy atom. The number of ether oxygens (including phenoxy) is 1. The molecule has 0 fully saturated rings. The maximum atomic E-state index is 10.9. The Labute approximate surface area is 111 Å². The van der Waals surface area contributed by atoms with Crippen molar-refractivity contribution in [3.63, 3.8) is 0 Å². The molecule has 0 aliphatic carbocycles. The lowest BCUT2D eigenvalue weighted by atomic mass is 10.2. The number of carboxylic acids is 1. The minimum Gasteiger partial charge on any atom is -0.479 e. The molecule has 1 N–H and O–H groups in total. The van der Waals surface area contributed by atoms with Gasteiger partial charge in [0.2, 0.25) is 0 Å². The number of rotatable bonds is 5. The molecule has 0 radical (unpaired) electrons. The van der Waals surface area contributed by atoms with Crippen LogP contribution in [0.15, 0.2) is 27.1 Å². The molecule has 0 amide bonds. The lowest BCUT2D eigenvalue weighted by molar-refractivity contribution is -0.145. The second-order valence-electron chi connectivity index (χ2n) is 3.31. The second kappa shape index (κ2) is 6.25. The molecular weight excluding hydrogens is 340 g/mol. The fraction of sp³-hybridized carbons (Fsp3) is 0.364. The van der Waals surface area contributed by atoms with Crippen molar-refractivity contribution in [1.82, 2.24) is 0 Å². The molecule has 1 aromatic carbocycles. The van der Waals surface area contributed by atoms with E-state index in [1.165, 1.54) is 0 Å². The van der Waals surface area contributed by atoms with Gasteiger partial charge in [0.15, 0.2) is 6.10 Å². The first-order valence-corrected chi connectivity index (χ1v) is 6.47. The molecule has 0 unspecified atom stereocenters. The van der Waals surface area contributed by atoms with Gasteiger partial charge in [0.05, 0.1) is 4.47 Å². The molecule has 16 heavy (non-hydrogen) atoms. The first-order chi connectivity index (χ1) is 7.54. The SMILES string of the molecule is CCC[C@H](Oc1ccc(Br)cc1Br)C(=O)O. The summed E-state index contributed by atoms with van der Waals surface area (Å²) >= 11 is 6.65. The van der Waals surface area contributed by atoms with E-state index in [0.29, 0.717) is 12.2 Å². The van der Waals surface area contributed by atoms with Crippen molar-refractivity contribution in [3.8, 4) is 5.75 Å². The van der Waals surface area contributed by atoms with Crippen molar-refractivity contribution in [2.24, 2.45) is 0 Å². The molecule has 0 saturated heterocycles. The van der Waals surface area contributed by atoms with Gasteiger partial charge in [-0.25, -0.2) is 4.79 Å². The molecule has 0 aliphatic heterocycles. The van der Waals surface area contributed by atoms with Gasteiger partial charge < -0.3 is 9.84 Å². The number of hydrogen-bond acceptors (Lipinski definition) is 2. The van der Waals surface area contributed by atoms with Crippen LogP contribution in [0.4, 0.5) is 0 Å². The first-order valence-electron chi connectivity index (χ1n) is 4.89. The molecule has 0 saturated carbocycles. The van der Waals surface area contributed by atoms with E-state index in [4.69, 9.17) is 9.84 Å². The third-order valence-corrected chi connectivity index (χ3v) is 3.10. The normalized spacial score (nSPS) is 12.2. The summed E-state index contributed by atoms with van der Waals surface area (Å²) in [6, 6.07) is 5.37. The topological polar surface area (TPSA) is 46.5 Å². The van der Waals surface area contributed by atoms with E-state index >= 15 is 0 Å². The Morgan fingerprint density at radius 1 is 1.50 bits per heavy atom. The highest BCUT2D eigenvalue weighted by Crippen LogP contribution is 2.29. The fourth-order valence-electron chi connectivity index (χ4n) is 1.22. The number of halogens is 2. The van der Waals surface area contributed by atoms with Crippen LogP contribution in [-0.4, -0.2) is 17.2 Å². The van der Waals surface area contributed by atoms with E-state index in [9.17, 15) is 4.79 Å². The van der Waals surface area contributed by atoms with Gasteiger partial charge in [0, 0.05) is 4.47 Å². The van der Waals surface area contributed by atoms with Crippen LogP contribution >= 0.6 is 31.9 Å². The average molecular weight is 352 g/mol. The molecule has 1 atom stereocenters. The van der Waals surface area contributed by atoms with E-state index in [-0.39, 0.29) is 0 Å². The Kier molecular flexibility index (Phi) is 5.28. The van der Waals surface area contributed by atoms with Crippen LogP contribution < -0.4 is 4.74 Å². The lowest BCUT2D eigenvalue weighted by Gasteiger charge is -2.15. The number of carboxylic acid groups (broad SMARTS) is 1. The van der Waals surface area contributed by atoms with Crippen molar-refractivity contribution >= 4 is 37.8 Å². The molecule has 0 heterocycles. The van der Waals surface area contributed by atoms with E-state index in [1.807, 2.05) is 19.1 Å². The van der Waals surface area contributed by atoms with Crippen LogP contribution in [0.25, 0.3) is 0 Å². The van der Waals surface area contributed by atoms with Gasteiger partial charge in [0.25, 0.3) is 0 Å².